The van der Waals surface area contributed by atoms with Crippen LogP contribution in [0.15, 0.2) is 0 Å². The Bertz CT molecular complexity index is 334. The topological polar surface area (TPSA) is 57.6 Å². The van der Waals surface area contributed by atoms with Crippen molar-refractivity contribution in [2.45, 2.75) is 37.9 Å². The van der Waals surface area contributed by atoms with Crippen LogP contribution in [0.2, 0.25) is 0 Å². The van der Waals surface area contributed by atoms with Crippen molar-refractivity contribution in [1.82, 2.24) is 4.90 Å². The third-order valence-electron chi connectivity index (χ3n) is 3.93. The van der Waals surface area contributed by atoms with Gasteiger partial charge in [0.25, 0.3) is 0 Å². The number of carbonyl (C=O) groups is 2. The van der Waals surface area contributed by atoms with Crippen LogP contribution in [0.4, 0.5) is 0 Å². The van der Waals surface area contributed by atoms with Crippen molar-refractivity contribution in [3.05, 3.63) is 0 Å². The monoisotopic (exact) mass is 271 g/mol. The summed E-state index contributed by atoms with van der Waals surface area (Å²) in [5, 5.41) is 9.56. The normalized spacial score (nSPS) is 33.2. The average molecular weight is 271 g/mol. The second kappa shape index (κ2) is 5.95. The molecular weight excluding hydrogens is 250 g/mol. The number of carboxylic acids is 1. The molecule has 1 amide bonds. The van der Waals surface area contributed by atoms with Gasteiger partial charge in [0.2, 0.25) is 5.91 Å². The first-order valence-electron chi connectivity index (χ1n) is 6.71. The van der Waals surface area contributed by atoms with E-state index in [1.165, 1.54) is 0 Å². The largest absolute Gasteiger partial charge is 0.481 e. The third kappa shape index (κ3) is 3.19. The van der Waals surface area contributed by atoms with Gasteiger partial charge in [0.05, 0.1) is 5.92 Å². The molecule has 1 aliphatic carbocycles. The zero-order valence-corrected chi connectivity index (χ0v) is 11.6. The SMILES string of the molecule is CC1CN(C(=O)C2CCCC(C(=O)O)C2)CCS1. The summed E-state index contributed by atoms with van der Waals surface area (Å²) in [5.41, 5.74) is 0. The van der Waals surface area contributed by atoms with Gasteiger partial charge in [-0.15, -0.1) is 0 Å². The zero-order chi connectivity index (χ0) is 13.1. The molecular formula is C13H21NO3S. The summed E-state index contributed by atoms with van der Waals surface area (Å²) >= 11 is 1.90. The molecule has 5 heteroatoms. The molecule has 1 saturated carbocycles. The van der Waals surface area contributed by atoms with Crippen molar-refractivity contribution in [3.8, 4) is 0 Å². The summed E-state index contributed by atoms with van der Waals surface area (Å²) in [6, 6.07) is 0. The predicted octanol–water partition coefficient (Wildman–Crippen LogP) is 1.84. The van der Waals surface area contributed by atoms with Crippen molar-refractivity contribution in [2.75, 3.05) is 18.8 Å². The molecule has 4 nitrogen and oxygen atoms in total. The summed E-state index contributed by atoms with van der Waals surface area (Å²) in [7, 11) is 0. The van der Waals surface area contributed by atoms with Crippen molar-refractivity contribution in [2.24, 2.45) is 11.8 Å². The van der Waals surface area contributed by atoms with Crippen molar-refractivity contribution in [3.63, 3.8) is 0 Å². The zero-order valence-electron chi connectivity index (χ0n) is 10.8. The van der Waals surface area contributed by atoms with Gasteiger partial charge in [-0.25, -0.2) is 0 Å². The van der Waals surface area contributed by atoms with Crippen molar-refractivity contribution >= 4 is 23.6 Å². The summed E-state index contributed by atoms with van der Waals surface area (Å²) in [5.74, 6) is 0.0738. The molecule has 3 unspecified atom stereocenters. The lowest BCUT2D eigenvalue weighted by Crippen LogP contribution is -2.45. The van der Waals surface area contributed by atoms with E-state index in [1.807, 2.05) is 16.7 Å². The van der Waals surface area contributed by atoms with E-state index in [4.69, 9.17) is 5.11 Å². The molecule has 2 aliphatic rings. The Labute approximate surface area is 112 Å². The lowest BCUT2D eigenvalue weighted by Gasteiger charge is -2.35. The first-order valence-corrected chi connectivity index (χ1v) is 7.76. The van der Waals surface area contributed by atoms with Crippen LogP contribution < -0.4 is 0 Å². The molecule has 0 aromatic rings. The van der Waals surface area contributed by atoms with E-state index in [2.05, 4.69) is 6.92 Å². The Hall–Kier alpha value is -0.710. The minimum atomic E-state index is -0.741. The molecule has 1 saturated heterocycles. The number of aliphatic carboxylic acids is 1. The maximum absolute atomic E-state index is 12.4. The highest BCUT2D eigenvalue weighted by Crippen LogP contribution is 2.31. The van der Waals surface area contributed by atoms with Gasteiger partial charge < -0.3 is 10.0 Å². The highest BCUT2D eigenvalue weighted by Gasteiger charge is 2.34. The van der Waals surface area contributed by atoms with Gasteiger partial charge in [-0.3, -0.25) is 9.59 Å². The molecule has 1 N–H and O–H groups in total. The highest BCUT2D eigenvalue weighted by molar-refractivity contribution is 7.99. The van der Waals surface area contributed by atoms with Crippen LogP contribution in [-0.2, 0) is 9.59 Å². The lowest BCUT2D eigenvalue weighted by atomic mass is 9.80. The minimum absolute atomic E-state index is 0.0600. The van der Waals surface area contributed by atoms with E-state index in [0.717, 1.165) is 38.1 Å². The number of rotatable bonds is 2. The van der Waals surface area contributed by atoms with Crippen LogP contribution in [0.3, 0.4) is 0 Å². The third-order valence-corrected chi connectivity index (χ3v) is 5.06. The predicted molar refractivity (Wildman–Crippen MR) is 71.6 cm³/mol. The van der Waals surface area contributed by atoms with Crippen LogP contribution in [0.25, 0.3) is 0 Å². The van der Waals surface area contributed by atoms with E-state index in [0.29, 0.717) is 11.7 Å². The van der Waals surface area contributed by atoms with Gasteiger partial charge >= 0.3 is 5.97 Å². The van der Waals surface area contributed by atoms with E-state index in [1.54, 1.807) is 0 Å². The van der Waals surface area contributed by atoms with Crippen molar-refractivity contribution < 1.29 is 14.7 Å². The fourth-order valence-corrected chi connectivity index (χ4v) is 3.93. The first kappa shape index (κ1) is 13.7. The number of carboxylic acid groups (broad SMARTS) is 1. The number of carbonyl (C=O) groups excluding carboxylic acids is 1. The molecule has 0 bridgehead atoms. The Morgan fingerprint density at radius 1 is 1.28 bits per heavy atom. The second-order valence-corrected chi connectivity index (χ2v) is 6.91. The van der Waals surface area contributed by atoms with Crippen LogP contribution in [0.1, 0.15) is 32.6 Å². The quantitative estimate of drug-likeness (QED) is 0.832. The molecule has 1 heterocycles. The fourth-order valence-electron chi connectivity index (χ4n) is 2.92. The van der Waals surface area contributed by atoms with E-state index < -0.39 is 5.97 Å². The standard InChI is InChI=1S/C13H21NO3S/c1-9-8-14(5-6-18-9)12(15)10-3-2-4-11(7-10)13(16)17/h9-11H,2-8H2,1H3,(H,16,17). The van der Waals surface area contributed by atoms with E-state index in [9.17, 15) is 9.59 Å². The van der Waals surface area contributed by atoms with Gasteiger partial charge in [-0.05, 0) is 19.3 Å². The van der Waals surface area contributed by atoms with E-state index in [-0.39, 0.29) is 17.7 Å². The van der Waals surface area contributed by atoms with Crippen LogP contribution in [0.5, 0.6) is 0 Å². The summed E-state index contributed by atoms with van der Waals surface area (Å²) in [6.07, 6.45) is 2.99. The minimum Gasteiger partial charge on any atom is -0.481 e. The van der Waals surface area contributed by atoms with Gasteiger partial charge in [0, 0.05) is 30.0 Å². The maximum Gasteiger partial charge on any atom is 0.306 e. The van der Waals surface area contributed by atoms with Gasteiger partial charge in [0.1, 0.15) is 0 Å². The molecule has 102 valence electrons. The molecule has 1 aliphatic heterocycles. The molecule has 2 fully saturated rings. The van der Waals surface area contributed by atoms with E-state index >= 15 is 0 Å². The Kier molecular flexibility index (Phi) is 4.54. The molecule has 0 spiro atoms. The highest BCUT2D eigenvalue weighted by atomic mass is 32.2. The Balaban J connectivity index is 1.93. The average Bonchev–Trinajstić information content (AvgIpc) is 2.38. The summed E-state index contributed by atoms with van der Waals surface area (Å²) in [4.78, 5) is 25.4. The lowest BCUT2D eigenvalue weighted by molar-refractivity contribution is -0.145. The first-order chi connectivity index (χ1) is 8.58. The summed E-state index contributed by atoms with van der Waals surface area (Å²) in [6.45, 7) is 3.78. The molecule has 3 atom stereocenters. The Morgan fingerprint density at radius 3 is 2.67 bits per heavy atom. The molecule has 0 aromatic carbocycles. The second-order valence-electron chi connectivity index (χ2n) is 5.36. The smallest absolute Gasteiger partial charge is 0.306 e. The van der Waals surface area contributed by atoms with Crippen LogP contribution >= 0.6 is 11.8 Å². The molecule has 0 aromatic heterocycles. The molecule has 2 rings (SSSR count). The van der Waals surface area contributed by atoms with Crippen molar-refractivity contribution in [1.29, 1.82) is 0 Å². The van der Waals surface area contributed by atoms with Crippen LogP contribution in [0, 0.1) is 11.8 Å². The maximum atomic E-state index is 12.4. The van der Waals surface area contributed by atoms with Gasteiger partial charge in [-0.2, -0.15) is 11.8 Å². The number of hydrogen-bond donors (Lipinski definition) is 1. The van der Waals surface area contributed by atoms with Gasteiger partial charge in [0.15, 0.2) is 0 Å². The molecule has 18 heavy (non-hydrogen) atoms. The number of nitrogens with zero attached hydrogens (tertiary/aromatic N) is 1. The fraction of sp³-hybridized carbons (Fsp3) is 0.846. The number of thioether (sulfide) groups is 1. The number of amides is 1. The molecule has 0 radical (unpaired) electrons. The van der Waals surface area contributed by atoms with Crippen LogP contribution in [-0.4, -0.2) is 46.0 Å². The number of hydrogen-bond acceptors (Lipinski definition) is 3. The summed E-state index contributed by atoms with van der Waals surface area (Å²) < 4.78 is 0. The van der Waals surface area contributed by atoms with Gasteiger partial charge in [-0.1, -0.05) is 13.3 Å². The Morgan fingerprint density at radius 2 is 2.00 bits per heavy atom.